The van der Waals surface area contributed by atoms with Gasteiger partial charge < -0.3 is 20.2 Å². The molecule has 69 heavy (non-hydrogen) atoms. The zero-order valence-electron chi connectivity index (χ0n) is 39.3. The average Bonchev–Trinajstić information content (AvgIpc) is 4.09. The zero-order valence-corrected chi connectivity index (χ0v) is 39.3. The molecule has 2 aromatic carbocycles. The van der Waals surface area contributed by atoms with Gasteiger partial charge in [-0.15, -0.1) is 0 Å². The maximum Gasteiger partial charge on any atom is 0.263 e. The quantitative estimate of drug-likeness (QED) is 0.100. The fraction of sp³-hybridized carbons (Fsp3) is 0.481. The highest BCUT2D eigenvalue weighted by Gasteiger charge is 2.56. The number of carbonyl (C=O) groups excluding carboxylic acids is 4. The number of rotatable bonds is 10. The van der Waals surface area contributed by atoms with Gasteiger partial charge in [0.25, 0.3) is 11.5 Å². The molecule has 15 heteroatoms. The minimum Gasteiger partial charge on any atom is -0.385 e. The fourth-order valence-corrected chi connectivity index (χ4v) is 13.8. The Hall–Kier alpha value is -6.32. The van der Waals surface area contributed by atoms with Gasteiger partial charge in [-0.1, -0.05) is 49.2 Å². The van der Waals surface area contributed by atoms with Crippen molar-refractivity contribution >= 4 is 52.0 Å². The SMILES string of the molecule is CC(=O)c1c(C)c2cnc(Nc3ccc(N4CC5CC6C(CC5C6c5ccc(CN6CCC(O)(c7ccc8c(c7)CN(C7CCC(=O)NC7=O)C8=O)CC6)cc5)C4)cn3)nc2n(C2CCCC2)c1=O. The van der Waals surface area contributed by atoms with Crippen LogP contribution in [-0.2, 0) is 28.3 Å². The van der Waals surface area contributed by atoms with Crippen molar-refractivity contribution in [2.75, 3.05) is 36.4 Å². The molecule has 8 aliphatic rings. The van der Waals surface area contributed by atoms with E-state index < -0.39 is 17.6 Å². The summed E-state index contributed by atoms with van der Waals surface area (Å²) >= 11 is 0. The molecule has 5 atom stereocenters. The number of aromatic nitrogens is 4. The number of piperidine rings is 2. The number of likely N-dealkylation sites (tertiary alicyclic amines) is 1. The van der Waals surface area contributed by atoms with Gasteiger partial charge in [-0.3, -0.25) is 38.8 Å². The van der Waals surface area contributed by atoms with E-state index in [1.165, 1.54) is 30.9 Å². The van der Waals surface area contributed by atoms with Gasteiger partial charge in [0.1, 0.15) is 17.5 Å². The van der Waals surface area contributed by atoms with Gasteiger partial charge in [-0.05, 0) is 134 Å². The molecular formula is C54H59N9O6. The highest BCUT2D eigenvalue weighted by Crippen LogP contribution is 2.62. The lowest BCUT2D eigenvalue weighted by Crippen LogP contribution is -2.52. The number of aliphatic hydroxyl groups is 1. The lowest BCUT2D eigenvalue weighted by molar-refractivity contribution is -0.136. The summed E-state index contributed by atoms with van der Waals surface area (Å²) in [5, 5.41) is 18.2. The van der Waals surface area contributed by atoms with Crippen molar-refractivity contribution in [3.63, 3.8) is 0 Å². The average molecular weight is 930 g/mol. The first-order valence-electron chi connectivity index (χ1n) is 25.1. The summed E-state index contributed by atoms with van der Waals surface area (Å²) in [6.07, 6.45) is 11.8. The Balaban J connectivity index is 0.656. The Morgan fingerprint density at radius 3 is 2.32 bits per heavy atom. The molecule has 3 N–H and O–H groups in total. The van der Waals surface area contributed by atoms with Crippen molar-refractivity contribution in [1.29, 1.82) is 0 Å². The normalized spacial score (nSPS) is 26.5. The first-order valence-corrected chi connectivity index (χ1v) is 25.1. The first kappa shape index (κ1) is 43.9. The van der Waals surface area contributed by atoms with E-state index in [-0.39, 0.29) is 41.2 Å². The number of hydrogen-bond donors (Lipinski definition) is 3. The number of benzene rings is 2. The van der Waals surface area contributed by atoms with Crippen LogP contribution >= 0.6 is 0 Å². The number of Topliss-reactive ketones (excluding diaryl/α,β-unsaturated/α-hetero) is 1. The molecule has 0 radical (unpaired) electrons. The zero-order chi connectivity index (χ0) is 47.3. The van der Waals surface area contributed by atoms with E-state index in [0.29, 0.717) is 83.9 Å². The van der Waals surface area contributed by atoms with E-state index in [1.807, 2.05) is 31.3 Å². The summed E-state index contributed by atoms with van der Waals surface area (Å²) in [6, 6.07) is 18.4. The Morgan fingerprint density at radius 2 is 1.64 bits per heavy atom. The molecule has 3 aliphatic carbocycles. The number of amides is 3. The van der Waals surface area contributed by atoms with Gasteiger partial charge in [0.2, 0.25) is 17.8 Å². The van der Waals surface area contributed by atoms with E-state index >= 15 is 0 Å². The lowest BCUT2D eigenvalue weighted by Gasteiger charge is -2.38. The summed E-state index contributed by atoms with van der Waals surface area (Å²) in [6.45, 7) is 7.95. The molecule has 3 amide bonds. The van der Waals surface area contributed by atoms with Crippen molar-refractivity contribution in [3.8, 4) is 0 Å². The Labute approximate surface area is 400 Å². The standard InChI is InChI=1S/C54H59N9O6/c1-30-43-25-56-53(59-49(43)63(38-5-3-4-6-38)52(68)47(30)31(2)64)57-45-15-12-39(24-55-45)61-27-35-22-41-36(28-61)23-42(35)48(41)33-9-7-32(8-10-33)26-60-19-17-54(69,18-20-60)37-11-13-40-34(21-37)29-62(51(40)67)44-14-16-46(65)58-50(44)66/h7-13,15,21,24-25,35-36,38,41-42,44,48,69H,3-6,14,16-20,22-23,26-29H2,1-2H3,(H,58,65,66)(H,55,56,57,59). The summed E-state index contributed by atoms with van der Waals surface area (Å²) < 4.78 is 1.74. The molecule has 13 rings (SSSR count). The summed E-state index contributed by atoms with van der Waals surface area (Å²) in [7, 11) is 0. The van der Waals surface area contributed by atoms with Gasteiger partial charge in [0.05, 0.1) is 23.0 Å². The Morgan fingerprint density at radius 1 is 0.899 bits per heavy atom. The van der Waals surface area contributed by atoms with Crippen LogP contribution in [0.1, 0.15) is 132 Å². The van der Waals surface area contributed by atoms with E-state index in [2.05, 4.69) is 55.7 Å². The van der Waals surface area contributed by atoms with Crippen LogP contribution in [0.15, 0.2) is 71.8 Å². The molecule has 4 bridgehead atoms. The van der Waals surface area contributed by atoms with Crippen LogP contribution in [0.5, 0.6) is 0 Å². The van der Waals surface area contributed by atoms with Gasteiger partial charge in [-0.2, -0.15) is 4.98 Å². The van der Waals surface area contributed by atoms with Gasteiger partial charge >= 0.3 is 0 Å². The third kappa shape index (κ3) is 7.63. The largest absolute Gasteiger partial charge is 0.385 e. The number of imide groups is 1. The van der Waals surface area contributed by atoms with Crippen LogP contribution in [-0.4, -0.2) is 90.2 Å². The molecule has 0 spiro atoms. The number of hydrogen-bond acceptors (Lipinski definition) is 12. The molecule has 5 aromatic rings. The van der Waals surface area contributed by atoms with E-state index in [0.717, 1.165) is 80.6 Å². The molecule has 3 aromatic heterocycles. The van der Waals surface area contributed by atoms with Gasteiger partial charge in [0, 0.05) is 68.9 Å². The molecule has 7 fully saturated rings. The van der Waals surface area contributed by atoms with Gasteiger partial charge in [0.15, 0.2) is 5.78 Å². The molecular weight excluding hydrogens is 871 g/mol. The smallest absolute Gasteiger partial charge is 0.263 e. The second kappa shape index (κ2) is 17.0. The molecule has 15 nitrogen and oxygen atoms in total. The maximum atomic E-state index is 13.7. The van der Waals surface area contributed by atoms with Crippen LogP contribution in [0.2, 0.25) is 0 Å². The molecule has 356 valence electrons. The van der Waals surface area contributed by atoms with Crippen LogP contribution in [0.4, 0.5) is 17.5 Å². The van der Waals surface area contributed by atoms with Crippen molar-refractivity contribution in [2.24, 2.45) is 23.7 Å². The predicted molar refractivity (Wildman–Crippen MR) is 259 cm³/mol. The highest BCUT2D eigenvalue weighted by molar-refractivity contribution is 6.05. The number of carbonyl (C=O) groups is 4. The molecule has 4 saturated heterocycles. The van der Waals surface area contributed by atoms with E-state index in [4.69, 9.17) is 9.97 Å². The number of ketones is 1. The van der Waals surface area contributed by atoms with Crippen molar-refractivity contribution < 1.29 is 24.3 Å². The fourth-order valence-electron chi connectivity index (χ4n) is 13.8. The number of pyridine rings is 2. The van der Waals surface area contributed by atoms with Crippen LogP contribution in [0.3, 0.4) is 0 Å². The Bertz CT molecular complexity index is 2960. The first-order chi connectivity index (χ1) is 33.4. The van der Waals surface area contributed by atoms with Crippen LogP contribution < -0.4 is 21.1 Å². The molecule has 8 heterocycles. The summed E-state index contributed by atoms with van der Waals surface area (Å²) in [5.41, 5.74) is 6.22. The van der Waals surface area contributed by atoms with Crippen LogP contribution in [0, 0.1) is 30.6 Å². The van der Waals surface area contributed by atoms with E-state index in [1.54, 1.807) is 21.7 Å². The third-order valence-electron chi connectivity index (χ3n) is 17.3. The number of aryl methyl sites for hydroxylation is 1. The lowest BCUT2D eigenvalue weighted by atomic mass is 9.83. The summed E-state index contributed by atoms with van der Waals surface area (Å²) in [5.74, 6) is 3.04. The summed E-state index contributed by atoms with van der Waals surface area (Å²) in [4.78, 5) is 84.5. The number of nitrogens with zero attached hydrogens (tertiary/aromatic N) is 7. The topological polar surface area (TPSA) is 183 Å². The number of anilines is 3. The third-order valence-corrected chi connectivity index (χ3v) is 17.3. The van der Waals surface area contributed by atoms with Crippen molar-refractivity contribution in [1.82, 2.24) is 34.6 Å². The molecule has 5 aliphatic heterocycles. The second-order valence-corrected chi connectivity index (χ2v) is 21.2. The van der Waals surface area contributed by atoms with Crippen LogP contribution in [0.25, 0.3) is 11.0 Å². The minimum absolute atomic E-state index is 0.0137. The van der Waals surface area contributed by atoms with Crippen molar-refractivity contribution in [2.45, 2.75) is 115 Å². The number of nitrogens with one attached hydrogen (secondary N) is 2. The molecule has 5 unspecified atom stereocenters. The maximum absolute atomic E-state index is 13.7. The number of fused-ring (bicyclic) bond motifs is 4. The van der Waals surface area contributed by atoms with Gasteiger partial charge in [-0.25, -0.2) is 9.97 Å². The van der Waals surface area contributed by atoms with E-state index in [9.17, 15) is 29.1 Å². The van der Waals surface area contributed by atoms with Crippen molar-refractivity contribution in [3.05, 3.63) is 116 Å². The highest BCUT2D eigenvalue weighted by atomic mass is 16.3. The Kier molecular flexibility index (Phi) is 10.8. The molecule has 3 saturated carbocycles. The minimum atomic E-state index is -0.991. The monoisotopic (exact) mass is 929 g/mol. The predicted octanol–water partition coefficient (Wildman–Crippen LogP) is 6.68. The second-order valence-electron chi connectivity index (χ2n) is 21.2.